The van der Waals surface area contributed by atoms with E-state index in [1.807, 2.05) is 44.2 Å². The molecule has 0 aliphatic rings. The van der Waals surface area contributed by atoms with Crippen molar-refractivity contribution in [2.75, 3.05) is 17.6 Å². The first-order valence-electron chi connectivity index (χ1n) is 6.91. The lowest BCUT2D eigenvalue weighted by atomic mass is 10.1. The number of nitrogens with two attached hydrogens (primary N) is 1. The number of benzene rings is 1. The number of hydrogen-bond donors (Lipinski definition) is 3. The molecule has 1 aromatic heterocycles. The number of nitrogens with zero attached hydrogens (tertiary/aromatic N) is 1. The van der Waals surface area contributed by atoms with Gasteiger partial charge in [0.25, 0.3) is 5.91 Å². The quantitative estimate of drug-likeness (QED) is 0.766. The molecule has 0 radical (unpaired) electrons. The Hall–Kier alpha value is -2.08. The molecule has 0 saturated carbocycles. The van der Waals surface area contributed by atoms with Gasteiger partial charge in [0.2, 0.25) is 0 Å². The van der Waals surface area contributed by atoms with Crippen molar-refractivity contribution in [2.24, 2.45) is 0 Å². The first kappa shape index (κ1) is 15.3. The van der Waals surface area contributed by atoms with E-state index in [0.717, 1.165) is 6.42 Å². The van der Waals surface area contributed by atoms with Gasteiger partial charge >= 0.3 is 0 Å². The van der Waals surface area contributed by atoms with E-state index in [-0.39, 0.29) is 17.8 Å². The van der Waals surface area contributed by atoms with Crippen LogP contribution in [0.5, 0.6) is 0 Å². The number of thiazole rings is 1. The van der Waals surface area contributed by atoms with Gasteiger partial charge in [0, 0.05) is 12.6 Å². The van der Waals surface area contributed by atoms with E-state index in [9.17, 15) is 4.79 Å². The zero-order valence-electron chi connectivity index (χ0n) is 12.2. The van der Waals surface area contributed by atoms with E-state index in [4.69, 9.17) is 5.73 Å². The van der Waals surface area contributed by atoms with Crippen LogP contribution >= 0.6 is 11.3 Å². The molecule has 1 heterocycles. The van der Waals surface area contributed by atoms with E-state index in [1.165, 1.54) is 16.9 Å². The monoisotopic (exact) mass is 304 g/mol. The standard InChI is InChI=1S/C15H20N4OS/c1-10(2)18-15-19-13(16)12(21-15)14(20)17-9-8-11-6-4-3-5-7-11/h3-7,10H,8-9,16H2,1-2H3,(H,17,20)(H,18,19). The highest BCUT2D eigenvalue weighted by Gasteiger charge is 2.16. The van der Waals surface area contributed by atoms with Gasteiger partial charge in [0.1, 0.15) is 10.7 Å². The van der Waals surface area contributed by atoms with E-state index in [0.29, 0.717) is 16.6 Å². The van der Waals surface area contributed by atoms with Gasteiger partial charge in [-0.2, -0.15) is 0 Å². The van der Waals surface area contributed by atoms with Crippen LogP contribution in [-0.2, 0) is 6.42 Å². The van der Waals surface area contributed by atoms with Gasteiger partial charge < -0.3 is 16.4 Å². The summed E-state index contributed by atoms with van der Waals surface area (Å²) in [7, 11) is 0. The molecule has 112 valence electrons. The summed E-state index contributed by atoms with van der Waals surface area (Å²) in [5.41, 5.74) is 6.99. The van der Waals surface area contributed by atoms with Crippen molar-refractivity contribution in [2.45, 2.75) is 26.3 Å². The molecule has 0 aliphatic carbocycles. The smallest absolute Gasteiger partial charge is 0.265 e. The van der Waals surface area contributed by atoms with Crippen molar-refractivity contribution < 1.29 is 4.79 Å². The minimum absolute atomic E-state index is 0.169. The van der Waals surface area contributed by atoms with Crippen molar-refractivity contribution in [3.8, 4) is 0 Å². The molecule has 0 fully saturated rings. The Morgan fingerprint density at radius 3 is 2.71 bits per heavy atom. The van der Waals surface area contributed by atoms with Crippen LogP contribution < -0.4 is 16.4 Å². The summed E-state index contributed by atoms with van der Waals surface area (Å²) in [5, 5.41) is 6.71. The van der Waals surface area contributed by atoms with Crippen LogP contribution in [-0.4, -0.2) is 23.5 Å². The van der Waals surface area contributed by atoms with Crippen LogP contribution in [0.3, 0.4) is 0 Å². The van der Waals surface area contributed by atoms with Crippen molar-refractivity contribution in [1.82, 2.24) is 10.3 Å². The topological polar surface area (TPSA) is 80.0 Å². The number of aromatic nitrogens is 1. The molecule has 0 atom stereocenters. The third-order valence-electron chi connectivity index (χ3n) is 2.81. The number of nitrogen functional groups attached to an aromatic ring is 1. The SMILES string of the molecule is CC(C)Nc1nc(N)c(C(=O)NCCc2ccccc2)s1. The Morgan fingerprint density at radius 2 is 2.05 bits per heavy atom. The number of hydrogen-bond acceptors (Lipinski definition) is 5. The number of nitrogens with one attached hydrogen (secondary N) is 2. The first-order chi connectivity index (χ1) is 10.1. The number of rotatable bonds is 6. The molecule has 1 amide bonds. The third-order valence-corrected chi connectivity index (χ3v) is 3.81. The fourth-order valence-electron chi connectivity index (χ4n) is 1.85. The van der Waals surface area contributed by atoms with Gasteiger partial charge in [-0.15, -0.1) is 0 Å². The van der Waals surface area contributed by atoms with Crippen molar-refractivity contribution in [3.63, 3.8) is 0 Å². The molecule has 2 aromatic rings. The molecule has 5 nitrogen and oxygen atoms in total. The zero-order chi connectivity index (χ0) is 15.2. The summed E-state index contributed by atoms with van der Waals surface area (Å²) >= 11 is 1.28. The largest absolute Gasteiger partial charge is 0.382 e. The molecule has 0 bridgehead atoms. The number of carbonyl (C=O) groups is 1. The number of anilines is 2. The van der Waals surface area contributed by atoms with Crippen molar-refractivity contribution in [3.05, 3.63) is 40.8 Å². The van der Waals surface area contributed by atoms with E-state index < -0.39 is 0 Å². The van der Waals surface area contributed by atoms with Gasteiger partial charge in [-0.05, 0) is 25.8 Å². The fraction of sp³-hybridized carbons (Fsp3) is 0.333. The second kappa shape index (κ2) is 7.08. The van der Waals surface area contributed by atoms with Crippen LogP contribution in [0.4, 0.5) is 10.9 Å². The molecular formula is C15H20N4OS. The Balaban J connectivity index is 1.90. The molecule has 0 unspecified atom stereocenters. The zero-order valence-corrected chi connectivity index (χ0v) is 13.0. The number of carbonyl (C=O) groups excluding carboxylic acids is 1. The van der Waals surface area contributed by atoms with E-state index in [2.05, 4.69) is 15.6 Å². The molecule has 6 heteroatoms. The molecule has 21 heavy (non-hydrogen) atoms. The predicted octanol–water partition coefficient (Wildman–Crippen LogP) is 2.52. The minimum atomic E-state index is -0.169. The summed E-state index contributed by atoms with van der Waals surface area (Å²) in [5.74, 6) is 0.109. The molecule has 0 saturated heterocycles. The maximum atomic E-state index is 12.1. The first-order valence-corrected chi connectivity index (χ1v) is 7.73. The lowest BCUT2D eigenvalue weighted by Crippen LogP contribution is -2.25. The maximum absolute atomic E-state index is 12.1. The second-order valence-electron chi connectivity index (χ2n) is 5.02. The molecule has 4 N–H and O–H groups in total. The van der Waals surface area contributed by atoms with Gasteiger partial charge in [-0.3, -0.25) is 4.79 Å². The van der Waals surface area contributed by atoms with Gasteiger partial charge in [0.05, 0.1) is 0 Å². The minimum Gasteiger partial charge on any atom is -0.382 e. The average molecular weight is 304 g/mol. The highest BCUT2D eigenvalue weighted by atomic mass is 32.1. The van der Waals surface area contributed by atoms with Crippen molar-refractivity contribution >= 4 is 28.2 Å². The van der Waals surface area contributed by atoms with Crippen LogP contribution in [0.1, 0.15) is 29.1 Å². The van der Waals surface area contributed by atoms with Crippen LogP contribution in [0, 0.1) is 0 Å². The third kappa shape index (κ3) is 4.46. The molecular weight excluding hydrogens is 284 g/mol. The van der Waals surface area contributed by atoms with Crippen LogP contribution in [0.25, 0.3) is 0 Å². The average Bonchev–Trinajstić information content (AvgIpc) is 2.80. The van der Waals surface area contributed by atoms with Gasteiger partial charge in [0.15, 0.2) is 5.13 Å². The Kier molecular flexibility index (Phi) is 5.16. The Morgan fingerprint density at radius 1 is 1.33 bits per heavy atom. The maximum Gasteiger partial charge on any atom is 0.265 e. The summed E-state index contributed by atoms with van der Waals surface area (Å²) in [6, 6.07) is 10.3. The number of amides is 1. The van der Waals surface area contributed by atoms with Gasteiger partial charge in [-0.1, -0.05) is 41.7 Å². The van der Waals surface area contributed by atoms with Crippen LogP contribution in [0.15, 0.2) is 30.3 Å². The van der Waals surface area contributed by atoms with Crippen molar-refractivity contribution in [1.29, 1.82) is 0 Å². The van der Waals surface area contributed by atoms with Crippen LogP contribution in [0.2, 0.25) is 0 Å². The fourth-order valence-corrected chi connectivity index (χ4v) is 2.80. The Labute approximate surface area is 128 Å². The predicted molar refractivity (Wildman–Crippen MR) is 87.8 cm³/mol. The molecule has 0 aliphatic heterocycles. The second-order valence-corrected chi connectivity index (χ2v) is 6.02. The van der Waals surface area contributed by atoms with Gasteiger partial charge in [-0.25, -0.2) is 4.98 Å². The lowest BCUT2D eigenvalue weighted by Gasteiger charge is -2.04. The summed E-state index contributed by atoms with van der Waals surface area (Å²) in [6.07, 6.45) is 0.794. The Bertz CT molecular complexity index is 595. The lowest BCUT2D eigenvalue weighted by molar-refractivity contribution is 0.0959. The summed E-state index contributed by atoms with van der Waals surface area (Å²) in [6.45, 7) is 4.60. The molecule has 1 aromatic carbocycles. The normalized spacial score (nSPS) is 10.6. The summed E-state index contributed by atoms with van der Waals surface area (Å²) in [4.78, 5) is 16.7. The van der Waals surface area contributed by atoms with E-state index >= 15 is 0 Å². The summed E-state index contributed by atoms with van der Waals surface area (Å²) < 4.78 is 0. The molecule has 0 spiro atoms. The molecule has 2 rings (SSSR count). The van der Waals surface area contributed by atoms with E-state index in [1.54, 1.807) is 0 Å². The highest BCUT2D eigenvalue weighted by Crippen LogP contribution is 2.25. The highest BCUT2D eigenvalue weighted by molar-refractivity contribution is 7.18.